The zero-order valence-electron chi connectivity index (χ0n) is 10.4. The van der Waals surface area contributed by atoms with Crippen LogP contribution in [0.5, 0.6) is 0 Å². The Hall–Kier alpha value is -1.35. The average Bonchev–Trinajstić information content (AvgIpc) is 2.73. The number of aliphatic carboxylic acids is 1. The van der Waals surface area contributed by atoms with Crippen molar-refractivity contribution >= 4 is 5.97 Å². The molecule has 1 aliphatic rings. The minimum Gasteiger partial charge on any atom is -0.480 e. The van der Waals surface area contributed by atoms with Gasteiger partial charge >= 0.3 is 5.97 Å². The summed E-state index contributed by atoms with van der Waals surface area (Å²) in [7, 11) is 0. The van der Waals surface area contributed by atoms with Crippen molar-refractivity contribution in [1.82, 2.24) is 4.90 Å². The van der Waals surface area contributed by atoms with E-state index in [0.717, 1.165) is 25.9 Å². The van der Waals surface area contributed by atoms with Gasteiger partial charge in [-0.15, -0.1) is 0 Å². The van der Waals surface area contributed by atoms with Crippen molar-refractivity contribution in [2.75, 3.05) is 6.54 Å². The second kappa shape index (κ2) is 4.88. The number of likely N-dealkylation sites (tertiary alicyclic amines) is 1. The summed E-state index contributed by atoms with van der Waals surface area (Å²) in [5.41, 5.74) is 3.80. The molecule has 1 aromatic rings. The molecule has 0 aromatic heterocycles. The van der Waals surface area contributed by atoms with Gasteiger partial charge in [0.25, 0.3) is 0 Å². The van der Waals surface area contributed by atoms with Crippen LogP contribution < -0.4 is 0 Å². The first-order chi connectivity index (χ1) is 8.09. The topological polar surface area (TPSA) is 40.5 Å². The molecule has 3 nitrogen and oxygen atoms in total. The van der Waals surface area contributed by atoms with Gasteiger partial charge in [-0.05, 0) is 49.9 Å². The van der Waals surface area contributed by atoms with Crippen LogP contribution in [-0.2, 0) is 11.3 Å². The summed E-state index contributed by atoms with van der Waals surface area (Å²) in [5, 5.41) is 9.14. The maximum absolute atomic E-state index is 11.1. The quantitative estimate of drug-likeness (QED) is 0.871. The molecule has 0 amide bonds. The van der Waals surface area contributed by atoms with Gasteiger partial charge in [-0.1, -0.05) is 18.2 Å². The van der Waals surface area contributed by atoms with Gasteiger partial charge < -0.3 is 5.11 Å². The molecule has 1 aliphatic heterocycles. The van der Waals surface area contributed by atoms with E-state index in [-0.39, 0.29) is 6.04 Å². The molecule has 1 fully saturated rings. The molecule has 1 aromatic carbocycles. The lowest BCUT2D eigenvalue weighted by molar-refractivity contribution is -0.142. The smallest absolute Gasteiger partial charge is 0.320 e. The van der Waals surface area contributed by atoms with Gasteiger partial charge in [-0.25, -0.2) is 0 Å². The number of hydrogen-bond acceptors (Lipinski definition) is 2. The number of carboxylic acid groups (broad SMARTS) is 1. The van der Waals surface area contributed by atoms with E-state index < -0.39 is 5.97 Å². The van der Waals surface area contributed by atoms with E-state index in [0.29, 0.717) is 0 Å². The summed E-state index contributed by atoms with van der Waals surface area (Å²) >= 11 is 0. The number of rotatable bonds is 3. The summed E-state index contributed by atoms with van der Waals surface area (Å²) in [6, 6.07) is 5.94. The van der Waals surface area contributed by atoms with Gasteiger partial charge in [0.2, 0.25) is 0 Å². The van der Waals surface area contributed by atoms with Gasteiger partial charge in [0.05, 0.1) is 0 Å². The Balaban J connectivity index is 2.15. The number of benzene rings is 1. The van der Waals surface area contributed by atoms with Crippen LogP contribution >= 0.6 is 0 Å². The van der Waals surface area contributed by atoms with Crippen molar-refractivity contribution in [3.8, 4) is 0 Å². The highest BCUT2D eigenvalue weighted by Gasteiger charge is 2.30. The monoisotopic (exact) mass is 233 g/mol. The van der Waals surface area contributed by atoms with Crippen LogP contribution in [0.25, 0.3) is 0 Å². The Kier molecular flexibility index (Phi) is 3.48. The maximum Gasteiger partial charge on any atom is 0.320 e. The SMILES string of the molecule is Cc1cccc(CN2CCC[C@H]2C(=O)O)c1C. The first-order valence-corrected chi connectivity index (χ1v) is 6.11. The molecule has 3 heteroatoms. The molecular formula is C14H19NO2. The average molecular weight is 233 g/mol. The summed E-state index contributed by atoms with van der Waals surface area (Å²) in [5.74, 6) is -0.687. The van der Waals surface area contributed by atoms with Crippen LogP contribution in [0.15, 0.2) is 18.2 Å². The molecule has 92 valence electrons. The molecule has 17 heavy (non-hydrogen) atoms. The normalized spacial score (nSPS) is 20.7. The van der Waals surface area contributed by atoms with E-state index in [1.165, 1.54) is 16.7 Å². The second-order valence-electron chi connectivity index (χ2n) is 4.83. The molecule has 1 heterocycles. The lowest BCUT2D eigenvalue weighted by Crippen LogP contribution is -2.35. The number of nitrogens with zero attached hydrogens (tertiary/aromatic N) is 1. The molecule has 1 atom stereocenters. The van der Waals surface area contributed by atoms with Crippen molar-refractivity contribution in [2.24, 2.45) is 0 Å². The fraction of sp³-hybridized carbons (Fsp3) is 0.500. The molecule has 1 saturated heterocycles. The van der Waals surface area contributed by atoms with Crippen LogP contribution in [0.4, 0.5) is 0 Å². The van der Waals surface area contributed by atoms with E-state index in [1.807, 2.05) is 6.07 Å². The van der Waals surface area contributed by atoms with E-state index >= 15 is 0 Å². The Morgan fingerprint density at radius 3 is 2.94 bits per heavy atom. The van der Waals surface area contributed by atoms with Gasteiger partial charge in [-0.3, -0.25) is 9.69 Å². The van der Waals surface area contributed by atoms with Crippen molar-refractivity contribution < 1.29 is 9.90 Å². The van der Waals surface area contributed by atoms with E-state index in [1.54, 1.807) is 0 Å². The maximum atomic E-state index is 11.1. The predicted octanol–water partition coefficient (Wildman–Crippen LogP) is 2.35. The summed E-state index contributed by atoms with van der Waals surface area (Å²) in [4.78, 5) is 13.2. The Bertz CT molecular complexity index is 428. The minimum absolute atomic E-state index is 0.296. The highest BCUT2D eigenvalue weighted by Crippen LogP contribution is 2.22. The van der Waals surface area contributed by atoms with Crippen LogP contribution in [0.3, 0.4) is 0 Å². The van der Waals surface area contributed by atoms with E-state index in [9.17, 15) is 4.79 Å². The number of carboxylic acids is 1. The molecule has 0 unspecified atom stereocenters. The van der Waals surface area contributed by atoms with Crippen LogP contribution in [0.2, 0.25) is 0 Å². The predicted molar refractivity (Wildman–Crippen MR) is 67.0 cm³/mol. The molecule has 2 rings (SSSR count). The lowest BCUT2D eigenvalue weighted by atomic mass is 10.0. The standard InChI is InChI=1S/C14H19NO2/c1-10-5-3-6-12(11(10)2)9-15-8-4-7-13(15)14(16)17/h3,5-6,13H,4,7-9H2,1-2H3,(H,16,17)/t13-/m0/s1. The zero-order valence-corrected chi connectivity index (χ0v) is 10.4. The van der Waals surface area contributed by atoms with Crippen molar-refractivity contribution in [2.45, 2.75) is 39.3 Å². The first-order valence-electron chi connectivity index (χ1n) is 6.11. The third-order valence-corrected chi connectivity index (χ3v) is 3.74. The van der Waals surface area contributed by atoms with Crippen molar-refractivity contribution in [3.63, 3.8) is 0 Å². The fourth-order valence-electron chi connectivity index (χ4n) is 2.50. The van der Waals surface area contributed by atoms with Gasteiger partial charge in [0, 0.05) is 6.54 Å². The summed E-state index contributed by atoms with van der Waals surface area (Å²) in [6.07, 6.45) is 1.77. The summed E-state index contributed by atoms with van der Waals surface area (Å²) < 4.78 is 0. The Morgan fingerprint density at radius 1 is 1.47 bits per heavy atom. The second-order valence-corrected chi connectivity index (χ2v) is 4.83. The molecule has 0 bridgehead atoms. The molecular weight excluding hydrogens is 214 g/mol. The van der Waals surface area contributed by atoms with Gasteiger partial charge in [-0.2, -0.15) is 0 Å². The Morgan fingerprint density at radius 2 is 2.24 bits per heavy atom. The molecule has 1 N–H and O–H groups in total. The highest BCUT2D eigenvalue weighted by atomic mass is 16.4. The Labute approximate surface area is 102 Å². The number of aryl methyl sites for hydroxylation is 1. The van der Waals surface area contributed by atoms with Crippen molar-refractivity contribution in [3.05, 3.63) is 34.9 Å². The minimum atomic E-state index is -0.687. The first kappa shape index (κ1) is 12.1. The zero-order chi connectivity index (χ0) is 12.4. The largest absolute Gasteiger partial charge is 0.480 e. The molecule has 0 radical (unpaired) electrons. The molecule has 0 spiro atoms. The van der Waals surface area contributed by atoms with Crippen LogP contribution in [-0.4, -0.2) is 28.6 Å². The lowest BCUT2D eigenvalue weighted by Gasteiger charge is -2.22. The number of carbonyl (C=O) groups is 1. The van der Waals surface area contributed by atoms with Gasteiger partial charge in [0.15, 0.2) is 0 Å². The third-order valence-electron chi connectivity index (χ3n) is 3.74. The number of hydrogen-bond donors (Lipinski definition) is 1. The van der Waals surface area contributed by atoms with Gasteiger partial charge in [0.1, 0.15) is 6.04 Å². The molecule has 0 aliphatic carbocycles. The highest BCUT2D eigenvalue weighted by molar-refractivity contribution is 5.73. The van der Waals surface area contributed by atoms with Crippen LogP contribution in [0.1, 0.15) is 29.5 Å². The third kappa shape index (κ3) is 2.50. The van der Waals surface area contributed by atoms with Crippen molar-refractivity contribution in [1.29, 1.82) is 0 Å². The molecule has 0 saturated carbocycles. The van der Waals surface area contributed by atoms with E-state index in [4.69, 9.17) is 5.11 Å². The fourth-order valence-corrected chi connectivity index (χ4v) is 2.50. The van der Waals surface area contributed by atoms with Crippen LogP contribution in [0, 0.1) is 13.8 Å². The van der Waals surface area contributed by atoms with E-state index in [2.05, 4.69) is 30.9 Å². The summed E-state index contributed by atoms with van der Waals surface area (Å²) in [6.45, 7) is 5.85.